The molecule has 0 aromatic carbocycles. The van der Waals surface area contributed by atoms with E-state index in [1.54, 1.807) is 0 Å². The molecule has 0 spiro atoms. The summed E-state index contributed by atoms with van der Waals surface area (Å²) < 4.78 is 50.5. The normalized spacial score (nSPS) is 10.2. The van der Waals surface area contributed by atoms with Gasteiger partial charge in [-0.15, -0.1) is 0 Å². The number of carboxylic acid groups (broad SMARTS) is 2. The average molecular weight is 1670 g/mol. The number of unbranched alkanes of at least 4 members (excludes halogenated alkanes) is 28. The highest BCUT2D eigenvalue weighted by molar-refractivity contribution is 5.81. The predicted octanol–water partition coefficient (Wildman–Crippen LogP) is 18.9. The Labute approximate surface area is 700 Å². The third-order valence-corrected chi connectivity index (χ3v) is 15.9. The minimum absolute atomic E-state index is 0. The Morgan fingerprint density at radius 1 is 0.293 bits per heavy atom. The van der Waals surface area contributed by atoms with E-state index in [4.69, 9.17) is 52.5 Å². The van der Waals surface area contributed by atoms with E-state index >= 15 is 0 Å². The molecule has 0 radical (unpaired) electrons. The Bertz CT molecular complexity index is 2270. The smallest absolute Gasteiger partial charge is 0.407 e. The van der Waals surface area contributed by atoms with Crippen molar-refractivity contribution in [2.75, 3.05) is 105 Å². The number of esters is 1. The van der Waals surface area contributed by atoms with E-state index in [1.807, 2.05) is 0 Å². The first-order valence-corrected chi connectivity index (χ1v) is 40.5. The van der Waals surface area contributed by atoms with Crippen LogP contribution in [0.25, 0.3) is 0 Å². The number of carboxylic acids is 1. The molecule has 2 atom stereocenters. The lowest BCUT2D eigenvalue weighted by Gasteiger charge is -2.17. The van der Waals surface area contributed by atoms with Crippen molar-refractivity contribution >= 4 is 73.6 Å². The summed E-state index contributed by atoms with van der Waals surface area (Å²) in [5, 5.41) is 37.4. The standard InChI is InChI=1S/C38H70N4O10.C35H66N4O10.C4H6O2.CH2O2.6CH4/c1-4-7-9-11-13-20-29-49-35(44)39-25-17-15-18-26-40-36(45)50-31-22-23-32-51-37(46)41-27-19-16-24-33(34(43)48-28-6-3)42-38(47)52-30-21-14-12-10-8-5-2;1-3-5-7-9-11-18-26-46-32(42)36-23-15-13-16-24-37-33(43)47-28-20-21-29-48-34(44)38-25-17-14-22-30(31(40)41)39-35(45)49-27-19-12-10-8-6-4-2;1-2-3-6-4-5;2-1-3;;;;;;/h6,33H,3-5,7-32H2,1-2H3,(H,39,44)(H,40,45)(H,41,46)(H,42,47);30H,3-29H2,1-2H3,(H,36,42)(H,37,43)(H,38,44)(H,39,45)(H,40,41);2,4H,1,3H2;1H,(H,2,3);6*1H4. The molecular weight excluding hydrogens is 1500 g/mol. The number of carbonyl (C=O) groups excluding carboxylic acids is 10. The highest BCUT2D eigenvalue weighted by atomic mass is 16.6. The number of ether oxygens (including phenoxy) is 10. The van der Waals surface area contributed by atoms with Crippen LogP contribution in [0.3, 0.4) is 0 Å². The average Bonchev–Trinajstić information content (AvgIpc) is 0.942. The van der Waals surface area contributed by atoms with Gasteiger partial charge in [0.05, 0.1) is 52.9 Å². The highest BCUT2D eigenvalue weighted by Crippen LogP contribution is 2.11. The van der Waals surface area contributed by atoms with Gasteiger partial charge in [-0.05, 0) is 128 Å². The van der Waals surface area contributed by atoms with E-state index in [2.05, 4.69) is 88.1 Å². The van der Waals surface area contributed by atoms with E-state index in [0.717, 1.165) is 109 Å². The summed E-state index contributed by atoms with van der Waals surface area (Å²) in [5.41, 5.74) is 0. The fraction of sp³-hybridized carbons (Fsp3) is 0.810. The van der Waals surface area contributed by atoms with Crippen molar-refractivity contribution in [3.05, 3.63) is 25.3 Å². The van der Waals surface area contributed by atoms with Gasteiger partial charge in [-0.2, -0.15) is 0 Å². The van der Waals surface area contributed by atoms with Crippen LogP contribution < -0.4 is 42.5 Å². The second-order valence-corrected chi connectivity index (χ2v) is 25.7. The van der Waals surface area contributed by atoms with Crippen molar-refractivity contribution in [2.24, 2.45) is 0 Å². The number of aliphatic carboxylic acids is 1. The Hall–Kier alpha value is -8.48. The maximum absolute atomic E-state index is 12.4. The van der Waals surface area contributed by atoms with Crippen LogP contribution in [0.1, 0.15) is 329 Å². The van der Waals surface area contributed by atoms with Gasteiger partial charge in [0, 0.05) is 39.3 Å². The van der Waals surface area contributed by atoms with E-state index in [0.29, 0.717) is 130 Å². The first-order chi connectivity index (χ1) is 53.5. The second-order valence-electron chi connectivity index (χ2n) is 25.7. The number of hydrogen-bond acceptors (Lipinski definition) is 22. The van der Waals surface area contributed by atoms with Crippen LogP contribution in [-0.4, -0.2) is 201 Å². The first kappa shape index (κ1) is 128. The minimum atomic E-state index is -1.14. The summed E-state index contributed by atoms with van der Waals surface area (Å²) in [4.78, 5) is 136. The Balaban J connectivity index is -0.000000209. The Morgan fingerprint density at radius 2 is 0.500 bits per heavy atom. The predicted molar refractivity (Wildman–Crippen MR) is 460 cm³/mol. The third kappa shape index (κ3) is 106. The van der Waals surface area contributed by atoms with E-state index < -0.39 is 60.6 Å². The summed E-state index contributed by atoms with van der Waals surface area (Å²) in [6.45, 7) is 20.9. The number of amides is 8. The number of carbonyl (C=O) groups is 12. The fourth-order valence-corrected chi connectivity index (χ4v) is 9.73. The van der Waals surface area contributed by atoms with Gasteiger partial charge in [0.25, 0.3) is 12.9 Å². The zero-order chi connectivity index (χ0) is 82.1. The van der Waals surface area contributed by atoms with Crippen LogP contribution in [-0.2, 0) is 66.5 Å². The fourth-order valence-electron chi connectivity index (χ4n) is 9.73. The molecule has 0 saturated carbocycles. The van der Waals surface area contributed by atoms with E-state index in [9.17, 15) is 57.8 Å². The summed E-state index contributed by atoms with van der Waals surface area (Å²) in [5.74, 6) is -1.70. The lowest BCUT2D eigenvalue weighted by atomic mass is 10.1. The van der Waals surface area contributed by atoms with Crippen LogP contribution in [0.2, 0.25) is 0 Å². The molecule has 0 bridgehead atoms. The van der Waals surface area contributed by atoms with Gasteiger partial charge in [0.2, 0.25) is 0 Å². The maximum Gasteiger partial charge on any atom is 0.407 e. The van der Waals surface area contributed by atoms with Crippen LogP contribution in [0.15, 0.2) is 25.3 Å². The largest absolute Gasteiger partial charge is 0.483 e. The summed E-state index contributed by atoms with van der Waals surface area (Å²) in [6.07, 6.45) is 34.7. The molecule has 688 valence electrons. The van der Waals surface area contributed by atoms with Crippen molar-refractivity contribution < 1.29 is 115 Å². The third-order valence-electron chi connectivity index (χ3n) is 15.9. The number of nitrogens with one attached hydrogen (secondary N) is 8. The molecule has 0 fully saturated rings. The number of alkyl carbamates (subject to hydrolysis) is 8. The van der Waals surface area contributed by atoms with Crippen LogP contribution in [0, 0.1) is 0 Å². The highest BCUT2D eigenvalue weighted by Gasteiger charge is 2.23. The molecule has 0 saturated heterocycles. The monoisotopic (exact) mass is 1670 g/mol. The molecule has 8 amide bonds. The molecular formula is C84H168N8O24. The Kier molecular flexibility index (Phi) is 118. The van der Waals surface area contributed by atoms with E-state index in [-0.39, 0.29) is 109 Å². The first-order valence-electron chi connectivity index (χ1n) is 40.5. The van der Waals surface area contributed by atoms with Crippen molar-refractivity contribution in [3.63, 3.8) is 0 Å². The van der Waals surface area contributed by atoms with Gasteiger partial charge in [-0.25, -0.2) is 47.9 Å². The van der Waals surface area contributed by atoms with Crippen molar-refractivity contribution in [3.8, 4) is 0 Å². The lowest BCUT2D eigenvalue weighted by Crippen LogP contribution is -2.42. The van der Waals surface area contributed by atoms with Crippen molar-refractivity contribution in [1.82, 2.24) is 42.5 Å². The topological polar surface area (TPSA) is 434 Å². The molecule has 0 heterocycles. The van der Waals surface area contributed by atoms with Gasteiger partial charge in [0.15, 0.2) is 0 Å². The van der Waals surface area contributed by atoms with Crippen molar-refractivity contribution in [1.29, 1.82) is 0 Å². The van der Waals surface area contributed by atoms with Gasteiger partial charge >= 0.3 is 60.7 Å². The summed E-state index contributed by atoms with van der Waals surface area (Å²) in [6, 6.07) is -1.92. The molecule has 0 aromatic rings. The number of rotatable bonds is 69. The maximum atomic E-state index is 12.4. The summed E-state index contributed by atoms with van der Waals surface area (Å²) in [7, 11) is 0. The van der Waals surface area contributed by atoms with Gasteiger partial charge in [-0.3, -0.25) is 9.59 Å². The summed E-state index contributed by atoms with van der Waals surface area (Å²) >= 11 is 0. The number of hydrogen-bond donors (Lipinski definition) is 10. The lowest BCUT2D eigenvalue weighted by molar-refractivity contribution is -0.145. The van der Waals surface area contributed by atoms with Crippen LogP contribution in [0.5, 0.6) is 0 Å². The molecule has 32 heteroatoms. The van der Waals surface area contributed by atoms with Crippen molar-refractivity contribution in [2.45, 2.75) is 341 Å². The molecule has 2 unspecified atom stereocenters. The molecule has 0 rings (SSSR count). The molecule has 0 aliphatic rings. The van der Waals surface area contributed by atoms with Crippen LogP contribution >= 0.6 is 0 Å². The van der Waals surface area contributed by atoms with Gasteiger partial charge in [-0.1, -0.05) is 226 Å². The molecule has 116 heavy (non-hydrogen) atoms. The molecule has 0 aromatic heterocycles. The molecule has 10 N–H and O–H groups in total. The molecule has 0 aliphatic carbocycles. The molecule has 0 aliphatic heterocycles. The zero-order valence-electron chi connectivity index (χ0n) is 67.4. The van der Waals surface area contributed by atoms with E-state index in [1.165, 1.54) is 95.6 Å². The second kappa shape index (κ2) is 107. The van der Waals surface area contributed by atoms with Gasteiger partial charge < -0.3 is 100 Å². The SMILES string of the molecule is C.C.C.C.C.C.C=CCOC(=O)C(CCCCNC(=O)OCCCCOC(=O)NCCCCCNC(=O)OCCCCCCCC)NC(=O)OCCCCCCCC.C=CCOC=O.CCCCCCCCOC(=O)NCCCCCNC(=O)OCCCCOC(=O)NCCCCC(NC(=O)OCCCCCCCC)C(=O)O.O=CO. The van der Waals surface area contributed by atoms with Gasteiger partial charge in [0.1, 0.15) is 25.3 Å². The zero-order valence-corrected chi connectivity index (χ0v) is 67.4. The molecule has 32 nitrogen and oxygen atoms in total. The minimum Gasteiger partial charge on any atom is -0.483 e. The Morgan fingerprint density at radius 3 is 0.733 bits per heavy atom. The van der Waals surface area contributed by atoms with Crippen LogP contribution in [0.4, 0.5) is 38.4 Å². The quantitative estimate of drug-likeness (QED) is 0.00889.